The molecule has 0 bridgehead atoms. The van der Waals surface area contributed by atoms with Crippen molar-refractivity contribution in [3.05, 3.63) is 59.9 Å². The highest BCUT2D eigenvalue weighted by Crippen LogP contribution is 2.22. The first-order chi connectivity index (χ1) is 10.9. The minimum absolute atomic E-state index is 0.0597. The molecule has 0 fully saturated rings. The smallest absolute Gasteiger partial charge is 0.389 e. The summed E-state index contributed by atoms with van der Waals surface area (Å²) in [6, 6.07) is 13.1. The van der Waals surface area contributed by atoms with E-state index in [-0.39, 0.29) is 25.4 Å². The van der Waals surface area contributed by atoms with Crippen LogP contribution in [0, 0.1) is 5.82 Å². The number of halogens is 4. The molecule has 23 heavy (non-hydrogen) atoms. The topological polar surface area (TPSA) is 18.5 Å². The van der Waals surface area contributed by atoms with E-state index in [2.05, 4.69) is 0 Å². The molecule has 0 heterocycles. The molecule has 2 nitrogen and oxygen atoms in total. The maximum atomic E-state index is 13.9. The van der Waals surface area contributed by atoms with E-state index in [4.69, 9.17) is 9.47 Å². The van der Waals surface area contributed by atoms with Crippen molar-refractivity contribution in [2.24, 2.45) is 0 Å². The van der Waals surface area contributed by atoms with E-state index >= 15 is 0 Å². The van der Waals surface area contributed by atoms with Gasteiger partial charge >= 0.3 is 6.18 Å². The van der Waals surface area contributed by atoms with E-state index in [1.54, 1.807) is 12.1 Å². The summed E-state index contributed by atoms with van der Waals surface area (Å²) in [7, 11) is 0. The van der Waals surface area contributed by atoms with E-state index in [0.717, 1.165) is 6.07 Å². The summed E-state index contributed by atoms with van der Waals surface area (Å²) in [5.74, 6) is 0.307. The van der Waals surface area contributed by atoms with Crippen molar-refractivity contribution in [3.8, 4) is 11.5 Å². The zero-order valence-corrected chi connectivity index (χ0v) is 12.3. The van der Waals surface area contributed by atoms with E-state index in [9.17, 15) is 17.6 Å². The molecule has 0 aliphatic carbocycles. The summed E-state index contributed by atoms with van der Waals surface area (Å²) in [6.45, 7) is -0.0526. The highest BCUT2D eigenvalue weighted by molar-refractivity contribution is 5.29. The summed E-state index contributed by atoms with van der Waals surface area (Å²) >= 11 is 0. The van der Waals surface area contributed by atoms with Crippen molar-refractivity contribution in [2.45, 2.75) is 25.6 Å². The molecule has 0 aromatic heterocycles. The van der Waals surface area contributed by atoms with Crippen LogP contribution in [-0.2, 0) is 6.61 Å². The largest absolute Gasteiger partial charge is 0.493 e. The number of alkyl halides is 3. The van der Waals surface area contributed by atoms with Gasteiger partial charge in [0.1, 0.15) is 23.9 Å². The minimum Gasteiger partial charge on any atom is -0.493 e. The van der Waals surface area contributed by atoms with Gasteiger partial charge in [-0.25, -0.2) is 4.39 Å². The minimum atomic E-state index is -4.20. The molecular weight excluding hydrogens is 312 g/mol. The molecule has 0 N–H and O–H groups in total. The van der Waals surface area contributed by atoms with Gasteiger partial charge in [-0.2, -0.15) is 13.2 Å². The first kappa shape index (κ1) is 17.1. The highest BCUT2D eigenvalue weighted by atomic mass is 19.4. The quantitative estimate of drug-likeness (QED) is 0.518. The molecule has 124 valence electrons. The Morgan fingerprint density at radius 1 is 0.870 bits per heavy atom. The molecule has 2 aromatic rings. The first-order valence-electron chi connectivity index (χ1n) is 7.10. The molecule has 0 atom stereocenters. The Kier molecular flexibility index (Phi) is 5.84. The summed E-state index contributed by atoms with van der Waals surface area (Å²) < 4.78 is 60.5. The zero-order chi connectivity index (χ0) is 16.7. The van der Waals surface area contributed by atoms with Gasteiger partial charge < -0.3 is 9.47 Å². The standard InChI is InChI=1S/C17H16F4O2/c18-16-11-15(22-10-4-9-17(19,20)21)8-7-13(16)12-23-14-5-2-1-3-6-14/h1-3,5-8,11H,4,9-10,12H2. The Morgan fingerprint density at radius 3 is 2.26 bits per heavy atom. The number of hydrogen-bond donors (Lipinski definition) is 0. The van der Waals surface area contributed by atoms with Crippen molar-refractivity contribution < 1.29 is 27.0 Å². The van der Waals surface area contributed by atoms with Crippen LogP contribution in [0.2, 0.25) is 0 Å². The van der Waals surface area contributed by atoms with Crippen molar-refractivity contribution >= 4 is 0 Å². The van der Waals surface area contributed by atoms with Crippen LogP contribution in [0.1, 0.15) is 18.4 Å². The summed E-state index contributed by atoms with van der Waals surface area (Å²) in [5.41, 5.74) is 0.344. The maximum Gasteiger partial charge on any atom is 0.389 e. The molecule has 0 radical (unpaired) electrons. The molecule has 0 aliphatic heterocycles. The maximum absolute atomic E-state index is 13.9. The van der Waals surface area contributed by atoms with Gasteiger partial charge in [-0.1, -0.05) is 18.2 Å². The van der Waals surface area contributed by atoms with Crippen LogP contribution in [-0.4, -0.2) is 12.8 Å². The number of para-hydroxylation sites is 1. The molecule has 2 rings (SSSR count). The van der Waals surface area contributed by atoms with E-state index in [1.807, 2.05) is 18.2 Å². The number of rotatable bonds is 7. The second kappa shape index (κ2) is 7.85. The molecule has 0 unspecified atom stereocenters. The fourth-order valence-corrected chi connectivity index (χ4v) is 1.88. The van der Waals surface area contributed by atoms with Crippen molar-refractivity contribution in [1.29, 1.82) is 0 Å². The Balaban J connectivity index is 1.83. The van der Waals surface area contributed by atoms with Gasteiger partial charge in [0.2, 0.25) is 0 Å². The Hall–Kier alpha value is -2.24. The summed E-state index contributed by atoms with van der Waals surface area (Å²) in [4.78, 5) is 0. The third-order valence-corrected chi connectivity index (χ3v) is 3.04. The second-order valence-electron chi connectivity index (χ2n) is 4.92. The van der Waals surface area contributed by atoms with Crippen LogP contribution in [0.25, 0.3) is 0 Å². The van der Waals surface area contributed by atoms with Gasteiger partial charge in [-0.3, -0.25) is 0 Å². The fraction of sp³-hybridized carbons (Fsp3) is 0.294. The Morgan fingerprint density at radius 2 is 1.61 bits per heavy atom. The molecule has 0 spiro atoms. The second-order valence-corrected chi connectivity index (χ2v) is 4.92. The Bertz CT molecular complexity index is 612. The molecule has 6 heteroatoms. The molecule has 0 amide bonds. The van der Waals surface area contributed by atoms with Gasteiger partial charge in [0.25, 0.3) is 0 Å². The van der Waals surface area contributed by atoms with Crippen LogP contribution in [0.3, 0.4) is 0 Å². The Labute approximate surface area is 131 Å². The lowest BCUT2D eigenvalue weighted by molar-refractivity contribution is -0.136. The third kappa shape index (κ3) is 6.18. The average Bonchev–Trinajstić information content (AvgIpc) is 2.51. The lowest BCUT2D eigenvalue weighted by Crippen LogP contribution is -2.09. The average molecular weight is 328 g/mol. The van der Waals surface area contributed by atoms with Crippen LogP contribution < -0.4 is 9.47 Å². The third-order valence-electron chi connectivity index (χ3n) is 3.04. The van der Waals surface area contributed by atoms with Crippen LogP contribution in [0.15, 0.2) is 48.5 Å². The lowest BCUT2D eigenvalue weighted by Gasteiger charge is -2.10. The highest BCUT2D eigenvalue weighted by Gasteiger charge is 2.26. The molecule has 0 saturated heterocycles. The number of benzene rings is 2. The van der Waals surface area contributed by atoms with E-state index < -0.39 is 18.4 Å². The SMILES string of the molecule is Fc1cc(OCCCC(F)(F)F)ccc1COc1ccccc1. The first-order valence-corrected chi connectivity index (χ1v) is 7.10. The molecule has 0 saturated carbocycles. The van der Waals surface area contributed by atoms with Crippen LogP contribution in [0.4, 0.5) is 17.6 Å². The van der Waals surface area contributed by atoms with Gasteiger partial charge in [0, 0.05) is 18.1 Å². The zero-order valence-electron chi connectivity index (χ0n) is 12.3. The predicted molar refractivity (Wildman–Crippen MR) is 78.0 cm³/mol. The normalized spacial score (nSPS) is 11.3. The number of ether oxygens (including phenoxy) is 2. The van der Waals surface area contributed by atoms with Gasteiger partial charge in [0.15, 0.2) is 0 Å². The van der Waals surface area contributed by atoms with Crippen molar-refractivity contribution in [1.82, 2.24) is 0 Å². The predicted octanol–water partition coefficient (Wildman–Crippen LogP) is 5.13. The van der Waals surface area contributed by atoms with E-state index in [0.29, 0.717) is 11.3 Å². The molecule has 2 aromatic carbocycles. The summed E-state index contributed by atoms with van der Waals surface area (Å²) in [5, 5.41) is 0. The lowest BCUT2D eigenvalue weighted by atomic mass is 10.2. The van der Waals surface area contributed by atoms with E-state index in [1.165, 1.54) is 12.1 Å². The van der Waals surface area contributed by atoms with Crippen molar-refractivity contribution in [2.75, 3.05) is 6.61 Å². The summed E-state index contributed by atoms with van der Waals surface area (Å²) in [6.07, 6.45) is -5.28. The van der Waals surface area contributed by atoms with Crippen molar-refractivity contribution in [3.63, 3.8) is 0 Å². The number of hydrogen-bond acceptors (Lipinski definition) is 2. The van der Waals surface area contributed by atoms with Gasteiger partial charge in [-0.05, 0) is 30.7 Å². The molecular formula is C17H16F4O2. The monoisotopic (exact) mass is 328 g/mol. The fourth-order valence-electron chi connectivity index (χ4n) is 1.88. The van der Waals surface area contributed by atoms with Crippen LogP contribution >= 0.6 is 0 Å². The van der Waals surface area contributed by atoms with Crippen LogP contribution in [0.5, 0.6) is 11.5 Å². The molecule has 0 aliphatic rings. The van der Waals surface area contributed by atoms with Gasteiger partial charge in [0.05, 0.1) is 6.61 Å². The van der Waals surface area contributed by atoms with Gasteiger partial charge in [-0.15, -0.1) is 0 Å².